The molecule has 0 atom stereocenters. The molecule has 0 unspecified atom stereocenters. The molecule has 2 rings (SSSR count). The molecule has 116 valence electrons. The zero-order chi connectivity index (χ0) is 14.6. The third-order valence-electron chi connectivity index (χ3n) is 5.00. The Kier molecular flexibility index (Phi) is 5.41. The maximum Gasteiger partial charge on any atom is 0.236 e. The van der Waals surface area contributed by atoms with Gasteiger partial charge in [-0.1, -0.05) is 6.92 Å². The van der Waals surface area contributed by atoms with Crippen molar-refractivity contribution in [3.05, 3.63) is 0 Å². The van der Waals surface area contributed by atoms with Gasteiger partial charge in [0.05, 0.1) is 13.2 Å². The van der Waals surface area contributed by atoms with Gasteiger partial charge in [-0.05, 0) is 38.6 Å². The van der Waals surface area contributed by atoms with E-state index in [9.17, 15) is 9.90 Å². The quantitative estimate of drug-likeness (QED) is 0.779. The van der Waals surface area contributed by atoms with Crippen molar-refractivity contribution in [1.82, 2.24) is 15.1 Å². The van der Waals surface area contributed by atoms with Crippen molar-refractivity contribution in [2.24, 2.45) is 5.92 Å². The van der Waals surface area contributed by atoms with Crippen molar-refractivity contribution in [3.8, 4) is 0 Å². The normalized spacial score (nSPS) is 32.4. The van der Waals surface area contributed by atoms with Gasteiger partial charge in [0.2, 0.25) is 5.91 Å². The van der Waals surface area contributed by atoms with Gasteiger partial charge in [-0.25, -0.2) is 0 Å². The van der Waals surface area contributed by atoms with Crippen LogP contribution in [0.4, 0.5) is 0 Å². The summed E-state index contributed by atoms with van der Waals surface area (Å²) in [4.78, 5) is 16.4. The lowest BCUT2D eigenvalue weighted by molar-refractivity contribution is -0.132. The van der Waals surface area contributed by atoms with Crippen molar-refractivity contribution in [3.63, 3.8) is 0 Å². The van der Waals surface area contributed by atoms with Crippen molar-refractivity contribution >= 4 is 5.91 Å². The molecule has 2 fully saturated rings. The molecule has 1 aliphatic heterocycles. The molecule has 0 bridgehead atoms. The smallest absolute Gasteiger partial charge is 0.236 e. The largest absolute Gasteiger partial charge is 0.394 e. The van der Waals surface area contributed by atoms with Gasteiger partial charge >= 0.3 is 0 Å². The van der Waals surface area contributed by atoms with Crippen LogP contribution >= 0.6 is 0 Å². The molecular weight excluding hydrogens is 254 g/mol. The summed E-state index contributed by atoms with van der Waals surface area (Å²) in [5.41, 5.74) is -0.227. The van der Waals surface area contributed by atoms with Crippen LogP contribution in [-0.2, 0) is 4.79 Å². The van der Waals surface area contributed by atoms with E-state index in [0.29, 0.717) is 6.54 Å². The van der Waals surface area contributed by atoms with E-state index in [-0.39, 0.29) is 18.1 Å². The Balaban J connectivity index is 1.79. The van der Waals surface area contributed by atoms with E-state index in [0.717, 1.165) is 57.8 Å². The summed E-state index contributed by atoms with van der Waals surface area (Å²) in [6.07, 6.45) is 4.22. The second-order valence-electron chi connectivity index (χ2n) is 6.66. The Labute approximate surface area is 122 Å². The Morgan fingerprint density at radius 1 is 1.25 bits per heavy atom. The number of nitrogens with zero attached hydrogens (tertiary/aromatic N) is 2. The first-order valence-corrected chi connectivity index (χ1v) is 7.87. The zero-order valence-corrected chi connectivity index (χ0v) is 12.9. The summed E-state index contributed by atoms with van der Waals surface area (Å²) in [6.45, 7) is 6.30. The van der Waals surface area contributed by atoms with Gasteiger partial charge in [0, 0.05) is 31.7 Å². The van der Waals surface area contributed by atoms with E-state index in [1.807, 2.05) is 4.90 Å². The van der Waals surface area contributed by atoms with Crippen LogP contribution in [0.25, 0.3) is 0 Å². The molecule has 0 aromatic heterocycles. The van der Waals surface area contributed by atoms with Crippen molar-refractivity contribution in [2.75, 3.05) is 46.4 Å². The number of aliphatic hydroxyl groups excluding tert-OH is 1. The predicted molar refractivity (Wildman–Crippen MR) is 79.5 cm³/mol. The second-order valence-corrected chi connectivity index (χ2v) is 6.66. The lowest BCUT2D eigenvalue weighted by Crippen LogP contribution is -2.56. The fraction of sp³-hybridized carbons (Fsp3) is 0.933. The molecule has 1 heterocycles. The van der Waals surface area contributed by atoms with Crippen LogP contribution in [0.2, 0.25) is 0 Å². The molecule has 1 saturated carbocycles. The second kappa shape index (κ2) is 6.87. The summed E-state index contributed by atoms with van der Waals surface area (Å²) >= 11 is 0. The molecule has 1 amide bonds. The number of amides is 1. The number of aliphatic hydroxyl groups is 1. The first-order chi connectivity index (χ1) is 9.54. The minimum absolute atomic E-state index is 0.135. The molecule has 0 radical (unpaired) electrons. The molecule has 0 aromatic rings. The van der Waals surface area contributed by atoms with Crippen molar-refractivity contribution < 1.29 is 9.90 Å². The number of carbonyl (C=O) groups excluding carboxylic acids is 1. The van der Waals surface area contributed by atoms with E-state index in [4.69, 9.17) is 0 Å². The number of rotatable bonds is 4. The SMILES string of the molecule is CC1CCC(CO)(NCC(=O)N2CCN(C)CC2)CC1. The molecule has 1 saturated heterocycles. The van der Waals surface area contributed by atoms with Crippen LogP contribution in [0.1, 0.15) is 32.6 Å². The minimum Gasteiger partial charge on any atom is -0.394 e. The molecule has 1 aliphatic carbocycles. The Bertz CT molecular complexity index is 319. The van der Waals surface area contributed by atoms with Gasteiger partial charge in [0.15, 0.2) is 0 Å². The molecule has 5 nitrogen and oxygen atoms in total. The average Bonchev–Trinajstić information content (AvgIpc) is 2.48. The molecule has 0 spiro atoms. The summed E-state index contributed by atoms with van der Waals surface area (Å²) < 4.78 is 0. The first-order valence-electron chi connectivity index (χ1n) is 7.87. The standard InChI is InChI=1S/C15H29N3O2/c1-13-3-5-15(12-19,6-4-13)16-11-14(20)18-9-7-17(2)8-10-18/h13,16,19H,3-12H2,1-2H3. The van der Waals surface area contributed by atoms with E-state index >= 15 is 0 Å². The Morgan fingerprint density at radius 2 is 1.85 bits per heavy atom. The highest BCUT2D eigenvalue weighted by atomic mass is 16.3. The van der Waals surface area contributed by atoms with Gasteiger partial charge in [-0.2, -0.15) is 0 Å². The summed E-state index contributed by atoms with van der Waals surface area (Å²) in [5, 5.41) is 13.1. The lowest BCUT2D eigenvalue weighted by atomic mass is 9.77. The zero-order valence-electron chi connectivity index (χ0n) is 12.9. The number of hydrogen-bond donors (Lipinski definition) is 2. The molecular formula is C15H29N3O2. The fourth-order valence-corrected chi connectivity index (χ4v) is 3.14. The molecule has 20 heavy (non-hydrogen) atoms. The highest BCUT2D eigenvalue weighted by Crippen LogP contribution is 2.31. The van der Waals surface area contributed by atoms with Crippen molar-refractivity contribution in [1.29, 1.82) is 0 Å². The number of carbonyl (C=O) groups is 1. The van der Waals surface area contributed by atoms with E-state index < -0.39 is 0 Å². The molecule has 2 N–H and O–H groups in total. The number of piperazine rings is 1. The van der Waals surface area contributed by atoms with E-state index in [2.05, 4.69) is 24.2 Å². The van der Waals surface area contributed by atoms with E-state index in [1.54, 1.807) is 0 Å². The third kappa shape index (κ3) is 3.93. The number of hydrogen-bond acceptors (Lipinski definition) is 4. The number of likely N-dealkylation sites (N-methyl/N-ethyl adjacent to an activating group) is 1. The van der Waals surface area contributed by atoms with Gasteiger partial charge in [0.25, 0.3) is 0 Å². The topological polar surface area (TPSA) is 55.8 Å². The van der Waals surface area contributed by atoms with Crippen LogP contribution in [0, 0.1) is 5.92 Å². The highest BCUT2D eigenvalue weighted by molar-refractivity contribution is 5.78. The minimum atomic E-state index is -0.227. The summed E-state index contributed by atoms with van der Waals surface area (Å²) in [5.74, 6) is 0.911. The molecule has 2 aliphatic rings. The predicted octanol–water partition coefficient (Wildman–Crippen LogP) is 0.291. The van der Waals surface area contributed by atoms with Crippen LogP contribution < -0.4 is 5.32 Å². The lowest BCUT2D eigenvalue weighted by Gasteiger charge is -2.40. The van der Waals surface area contributed by atoms with Crippen molar-refractivity contribution in [2.45, 2.75) is 38.1 Å². The van der Waals surface area contributed by atoms with Gasteiger partial charge in [-0.15, -0.1) is 0 Å². The summed E-state index contributed by atoms with van der Waals surface area (Å²) in [7, 11) is 2.09. The van der Waals surface area contributed by atoms with Crippen LogP contribution in [0.15, 0.2) is 0 Å². The van der Waals surface area contributed by atoms with Crippen LogP contribution in [0.3, 0.4) is 0 Å². The van der Waals surface area contributed by atoms with Gasteiger partial charge in [-0.3, -0.25) is 4.79 Å². The van der Waals surface area contributed by atoms with Gasteiger partial charge in [0.1, 0.15) is 0 Å². The molecule has 0 aromatic carbocycles. The Hall–Kier alpha value is -0.650. The average molecular weight is 283 g/mol. The van der Waals surface area contributed by atoms with Crippen LogP contribution in [-0.4, -0.2) is 72.7 Å². The monoisotopic (exact) mass is 283 g/mol. The first kappa shape index (κ1) is 15.7. The van der Waals surface area contributed by atoms with Crippen LogP contribution in [0.5, 0.6) is 0 Å². The van der Waals surface area contributed by atoms with E-state index in [1.165, 1.54) is 0 Å². The van der Waals surface area contributed by atoms with Gasteiger partial charge < -0.3 is 20.2 Å². The maximum atomic E-state index is 12.2. The summed E-state index contributed by atoms with van der Waals surface area (Å²) in [6, 6.07) is 0. The molecule has 5 heteroatoms. The fourth-order valence-electron chi connectivity index (χ4n) is 3.14. The number of nitrogens with one attached hydrogen (secondary N) is 1. The third-order valence-corrected chi connectivity index (χ3v) is 5.00. The maximum absolute atomic E-state index is 12.2. The highest BCUT2D eigenvalue weighted by Gasteiger charge is 2.34. The Morgan fingerprint density at radius 3 is 2.40 bits per heavy atom.